The molecule has 0 unspecified atom stereocenters. The van der Waals surface area contributed by atoms with Crippen LogP contribution >= 0.6 is 15.9 Å². The molecule has 0 saturated heterocycles. The Kier molecular flexibility index (Phi) is 3.28. The van der Waals surface area contributed by atoms with Crippen LogP contribution in [0.3, 0.4) is 0 Å². The van der Waals surface area contributed by atoms with Crippen molar-refractivity contribution in [3.63, 3.8) is 0 Å². The molecule has 100 valence electrons. The van der Waals surface area contributed by atoms with Crippen molar-refractivity contribution in [2.45, 2.75) is 6.92 Å². The molecule has 0 fully saturated rings. The zero-order chi connectivity index (χ0) is 14.1. The first-order chi connectivity index (χ1) is 9.63. The number of aryl methyl sites for hydroxylation is 1. The molecule has 1 heterocycles. The second-order valence-electron chi connectivity index (χ2n) is 4.45. The highest BCUT2D eigenvalue weighted by atomic mass is 79.9. The monoisotopic (exact) mass is 330 g/mol. The second-order valence-corrected chi connectivity index (χ2v) is 5.37. The molecule has 1 N–H and O–H groups in total. The van der Waals surface area contributed by atoms with Crippen molar-refractivity contribution in [1.82, 2.24) is 10.1 Å². The number of rotatable bonds is 2. The number of benzene rings is 2. The van der Waals surface area contributed by atoms with Gasteiger partial charge in [0.05, 0.1) is 5.56 Å². The summed E-state index contributed by atoms with van der Waals surface area (Å²) < 4.78 is 6.19. The highest BCUT2D eigenvalue weighted by molar-refractivity contribution is 9.10. The maximum Gasteiger partial charge on any atom is 0.262 e. The number of halogens is 1. The maximum atomic E-state index is 9.88. The Morgan fingerprint density at radius 2 is 2.00 bits per heavy atom. The summed E-state index contributed by atoms with van der Waals surface area (Å²) in [6.45, 7) is 1.94. The molecule has 0 aliphatic rings. The summed E-state index contributed by atoms with van der Waals surface area (Å²) >= 11 is 3.41. The number of phenols is 1. The fourth-order valence-corrected chi connectivity index (χ4v) is 2.30. The van der Waals surface area contributed by atoms with Crippen molar-refractivity contribution in [1.29, 1.82) is 0 Å². The van der Waals surface area contributed by atoms with Crippen LogP contribution < -0.4 is 0 Å². The lowest BCUT2D eigenvalue weighted by atomic mass is 10.1. The molecule has 0 radical (unpaired) electrons. The number of aromatic nitrogens is 2. The minimum absolute atomic E-state index is 0.125. The zero-order valence-electron chi connectivity index (χ0n) is 10.7. The van der Waals surface area contributed by atoms with Crippen LogP contribution in [0.25, 0.3) is 22.8 Å². The molecular weight excluding hydrogens is 320 g/mol. The molecule has 5 heteroatoms. The lowest BCUT2D eigenvalue weighted by Gasteiger charge is -2.00. The van der Waals surface area contributed by atoms with Gasteiger partial charge in [0.2, 0.25) is 5.82 Å². The number of hydrogen-bond acceptors (Lipinski definition) is 4. The highest BCUT2D eigenvalue weighted by Crippen LogP contribution is 2.30. The van der Waals surface area contributed by atoms with E-state index in [-0.39, 0.29) is 5.75 Å². The predicted molar refractivity (Wildman–Crippen MR) is 79.3 cm³/mol. The van der Waals surface area contributed by atoms with Crippen molar-refractivity contribution in [3.8, 4) is 28.6 Å². The lowest BCUT2D eigenvalue weighted by molar-refractivity contribution is 0.425. The van der Waals surface area contributed by atoms with E-state index < -0.39 is 0 Å². The van der Waals surface area contributed by atoms with Crippen LogP contribution in [0.4, 0.5) is 0 Å². The fraction of sp³-hybridized carbons (Fsp3) is 0.0667. The van der Waals surface area contributed by atoms with E-state index in [2.05, 4.69) is 26.1 Å². The van der Waals surface area contributed by atoms with Crippen LogP contribution in [0.1, 0.15) is 5.56 Å². The number of phenolic OH excluding ortho intramolecular Hbond substituents is 1. The van der Waals surface area contributed by atoms with E-state index in [4.69, 9.17) is 4.52 Å². The van der Waals surface area contributed by atoms with Gasteiger partial charge >= 0.3 is 0 Å². The summed E-state index contributed by atoms with van der Waals surface area (Å²) in [7, 11) is 0. The van der Waals surface area contributed by atoms with Crippen LogP contribution in [-0.4, -0.2) is 15.2 Å². The molecule has 2 aromatic carbocycles. The third kappa shape index (κ3) is 2.44. The normalized spacial score (nSPS) is 10.7. The van der Waals surface area contributed by atoms with Crippen LogP contribution in [0.5, 0.6) is 5.75 Å². The smallest absolute Gasteiger partial charge is 0.262 e. The van der Waals surface area contributed by atoms with E-state index in [1.807, 2.05) is 43.3 Å². The first-order valence-corrected chi connectivity index (χ1v) is 6.82. The Labute approximate surface area is 124 Å². The minimum Gasteiger partial charge on any atom is -0.507 e. The van der Waals surface area contributed by atoms with E-state index in [0.29, 0.717) is 17.3 Å². The summed E-state index contributed by atoms with van der Waals surface area (Å²) in [4.78, 5) is 4.34. The Morgan fingerprint density at radius 1 is 1.15 bits per heavy atom. The third-order valence-electron chi connectivity index (χ3n) is 2.89. The largest absolute Gasteiger partial charge is 0.507 e. The van der Waals surface area contributed by atoms with E-state index in [1.54, 1.807) is 6.07 Å². The van der Waals surface area contributed by atoms with Gasteiger partial charge in [0.1, 0.15) is 5.75 Å². The molecule has 3 rings (SSSR count). The first kappa shape index (κ1) is 12.9. The van der Waals surface area contributed by atoms with E-state index >= 15 is 0 Å². The van der Waals surface area contributed by atoms with Crippen LogP contribution in [-0.2, 0) is 0 Å². The van der Waals surface area contributed by atoms with Crippen LogP contribution in [0, 0.1) is 6.92 Å². The molecule has 20 heavy (non-hydrogen) atoms. The number of aromatic hydroxyl groups is 1. The van der Waals surface area contributed by atoms with Gasteiger partial charge in [-0.15, -0.1) is 0 Å². The highest BCUT2D eigenvalue weighted by Gasteiger charge is 2.14. The van der Waals surface area contributed by atoms with Crippen molar-refractivity contribution in [2.24, 2.45) is 0 Å². The number of nitrogens with zero attached hydrogens (tertiary/aromatic N) is 2. The van der Waals surface area contributed by atoms with E-state index in [0.717, 1.165) is 15.6 Å². The SMILES string of the molecule is Cc1ccc(O)c(-c2nc(-c3cccc(Br)c3)no2)c1. The van der Waals surface area contributed by atoms with Gasteiger partial charge in [-0.3, -0.25) is 0 Å². The molecule has 0 aliphatic carbocycles. The van der Waals surface area contributed by atoms with Gasteiger partial charge in [0.15, 0.2) is 0 Å². The quantitative estimate of drug-likeness (QED) is 0.765. The Hall–Kier alpha value is -2.14. The van der Waals surface area contributed by atoms with Gasteiger partial charge in [-0.1, -0.05) is 44.8 Å². The molecule has 3 aromatic rings. The maximum absolute atomic E-state index is 9.88. The molecule has 0 aliphatic heterocycles. The average molecular weight is 331 g/mol. The molecular formula is C15H11BrN2O2. The van der Waals surface area contributed by atoms with Gasteiger partial charge in [0.25, 0.3) is 5.89 Å². The van der Waals surface area contributed by atoms with Gasteiger partial charge in [-0.2, -0.15) is 4.98 Å². The zero-order valence-corrected chi connectivity index (χ0v) is 12.3. The Morgan fingerprint density at radius 3 is 2.80 bits per heavy atom. The molecule has 4 nitrogen and oxygen atoms in total. The summed E-state index contributed by atoms with van der Waals surface area (Å²) in [5.41, 5.74) is 2.40. The van der Waals surface area contributed by atoms with Crippen molar-refractivity contribution < 1.29 is 9.63 Å². The molecule has 0 saturated carbocycles. The van der Waals surface area contributed by atoms with Crippen molar-refractivity contribution >= 4 is 15.9 Å². The predicted octanol–water partition coefficient (Wildman–Crippen LogP) is 4.18. The van der Waals surface area contributed by atoms with Crippen LogP contribution in [0.15, 0.2) is 51.5 Å². The van der Waals surface area contributed by atoms with Gasteiger partial charge < -0.3 is 9.63 Å². The fourth-order valence-electron chi connectivity index (χ4n) is 1.90. The molecule has 0 spiro atoms. The molecule has 0 bridgehead atoms. The van der Waals surface area contributed by atoms with Gasteiger partial charge in [-0.05, 0) is 31.2 Å². The van der Waals surface area contributed by atoms with Crippen molar-refractivity contribution in [3.05, 3.63) is 52.5 Å². The summed E-state index contributed by atoms with van der Waals surface area (Å²) in [6.07, 6.45) is 0. The standard InChI is InChI=1S/C15H11BrN2O2/c1-9-5-6-13(19)12(7-9)15-17-14(18-20-15)10-3-2-4-11(16)8-10/h2-8,19H,1H3. The third-order valence-corrected chi connectivity index (χ3v) is 3.38. The van der Waals surface area contributed by atoms with Crippen molar-refractivity contribution in [2.75, 3.05) is 0 Å². The first-order valence-electron chi connectivity index (χ1n) is 6.03. The van der Waals surface area contributed by atoms with E-state index in [9.17, 15) is 5.11 Å². The lowest BCUT2D eigenvalue weighted by Crippen LogP contribution is -1.83. The van der Waals surface area contributed by atoms with Gasteiger partial charge in [-0.25, -0.2) is 0 Å². The van der Waals surface area contributed by atoms with Gasteiger partial charge in [0, 0.05) is 10.0 Å². The molecule has 1 aromatic heterocycles. The summed E-state index contributed by atoms with van der Waals surface area (Å²) in [5, 5.41) is 13.8. The Balaban J connectivity index is 2.04. The van der Waals surface area contributed by atoms with Crippen LogP contribution in [0.2, 0.25) is 0 Å². The number of hydrogen-bond donors (Lipinski definition) is 1. The minimum atomic E-state index is 0.125. The average Bonchev–Trinajstić information content (AvgIpc) is 2.91. The van der Waals surface area contributed by atoms with E-state index in [1.165, 1.54) is 0 Å². The topological polar surface area (TPSA) is 59.2 Å². The Bertz CT molecular complexity index is 768. The second kappa shape index (κ2) is 5.09. The molecule has 0 amide bonds. The summed E-state index contributed by atoms with van der Waals surface area (Å²) in [6, 6.07) is 12.9. The molecule has 0 atom stereocenters. The summed E-state index contributed by atoms with van der Waals surface area (Å²) in [5.74, 6) is 0.920.